The largest absolute Gasteiger partial charge is 0.310 e. The summed E-state index contributed by atoms with van der Waals surface area (Å²) in [6.07, 6.45) is 0.474. The van der Waals surface area contributed by atoms with Crippen molar-refractivity contribution < 1.29 is 8.78 Å². The standard InChI is InChI=1S/C17H18BrF2N/c1-3-21-17(13-6-11(2)7-15(19)9-13)10-12-8-14(18)4-5-16(12)20/h4-9,17,21H,3,10H2,1-2H3. The van der Waals surface area contributed by atoms with Gasteiger partial charge in [-0.1, -0.05) is 28.9 Å². The third-order valence-electron chi connectivity index (χ3n) is 3.35. The molecular weight excluding hydrogens is 336 g/mol. The lowest BCUT2D eigenvalue weighted by atomic mass is 9.97. The lowest BCUT2D eigenvalue weighted by Crippen LogP contribution is -2.23. The van der Waals surface area contributed by atoms with Gasteiger partial charge in [0.15, 0.2) is 0 Å². The Labute approximate surface area is 132 Å². The number of aryl methyl sites for hydroxylation is 1. The Morgan fingerprint density at radius 2 is 1.90 bits per heavy atom. The van der Waals surface area contributed by atoms with Gasteiger partial charge in [0.2, 0.25) is 0 Å². The molecule has 4 heteroatoms. The van der Waals surface area contributed by atoms with E-state index in [9.17, 15) is 8.78 Å². The fourth-order valence-corrected chi connectivity index (χ4v) is 2.85. The van der Waals surface area contributed by atoms with Crippen molar-refractivity contribution in [2.45, 2.75) is 26.3 Å². The smallest absolute Gasteiger partial charge is 0.126 e. The van der Waals surface area contributed by atoms with E-state index in [-0.39, 0.29) is 17.7 Å². The van der Waals surface area contributed by atoms with Crippen molar-refractivity contribution in [2.24, 2.45) is 0 Å². The normalized spacial score (nSPS) is 12.4. The maximum Gasteiger partial charge on any atom is 0.126 e. The first kappa shape index (κ1) is 16.1. The van der Waals surface area contributed by atoms with Gasteiger partial charge in [0, 0.05) is 10.5 Å². The van der Waals surface area contributed by atoms with Crippen LogP contribution < -0.4 is 5.32 Å². The molecule has 0 aliphatic carbocycles. The molecule has 1 atom stereocenters. The van der Waals surface area contributed by atoms with Crippen molar-refractivity contribution in [1.82, 2.24) is 5.32 Å². The highest BCUT2D eigenvalue weighted by atomic mass is 79.9. The van der Waals surface area contributed by atoms with E-state index in [1.54, 1.807) is 12.1 Å². The maximum atomic E-state index is 13.9. The van der Waals surface area contributed by atoms with Gasteiger partial charge in [-0.25, -0.2) is 8.78 Å². The van der Waals surface area contributed by atoms with E-state index >= 15 is 0 Å². The fraction of sp³-hybridized carbons (Fsp3) is 0.294. The second-order valence-corrected chi connectivity index (χ2v) is 6.03. The first-order valence-electron chi connectivity index (χ1n) is 6.94. The summed E-state index contributed by atoms with van der Waals surface area (Å²) in [7, 11) is 0. The van der Waals surface area contributed by atoms with Crippen LogP contribution in [0.25, 0.3) is 0 Å². The molecule has 0 fully saturated rings. The molecule has 0 saturated heterocycles. The van der Waals surface area contributed by atoms with E-state index in [0.717, 1.165) is 22.1 Å². The molecule has 112 valence electrons. The van der Waals surface area contributed by atoms with Crippen LogP contribution in [0.3, 0.4) is 0 Å². The summed E-state index contributed by atoms with van der Waals surface area (Å²) in [5.41, 5.74) is 2.31. The van der Waals surface area contributed by atoms with Gasteiger partial charge >= 0.3 is 0 Å². The number of likely N-dealkylation sites (N-methyl/N-ethyl adjacent to an activating group) is 1. The van der Waals surface area contributed by atoms with Crippen molar-refractivity contribution in [3.05, 3.63) is 69.2 Å². The van der Waals surface area contributed by atoms with Crippen LogP contribution in [0, 0.1) is 18.6 Å². The van der Waals surface area contributed by atoms with Crippen molar-refractivity contribution in [3.63, 3.8) is 0 Å². The van der Waals surface area contributed by atoms with Gasteiger partial charge in [-0.05, 0) is 66.9 Å². The Kier molecular flexibility index (Phi) is 5.48. The quantitative estimate of drug-likeness (QED) is 0.803. The third-order valence-corrected chi connectivity index (χ3v) is 3.84. The summed E-state index contributed by atoms with van der Waals surface area (Å²) in [5.74, 6) is -0.503. The topological polar surface area (TPSA) is 12.0 Å². The van der Waals surface area contributed by atoms with Crippen LogP contribution in [0.1, 0.15) is 29.7 Å². The summed E-state index contributed by atoms with van der Waals surface area (Å²) < 4.78 is 28.4. The number of benzene rings is 2. The molecule has 0 aliphatic heterocycles. The first-order valence-corrected chi connectivity index (χ1v) is 7.73. The Morgan fingerprint density at radius 1 is 1.14 bits per heavy atom. The van der Waals surface area contributed by atoms with E-state index in [2.05, 4.69) is 21.2 Å². The number of hydrogen-bond acceptors (Lipinski definition) is 1. The molecule has 1 unspecified atom stereocenters. The van der Waals surface area contributed by atoms with Crippen LogP contribution in [0.5, 0.6) is 0 Å². The molecule has 21 heavy (non-hydrogen) atoms. The van der Waals surface area contributed by atoms with Gasteiger partial charge in [0.1, 0.15) is 11.6 Å². The average molecular weight is 354 g/mol. The van der Waals surface area contributed by atoms with Crippen molar-refractivity contribution >= 4 is 15.9 Å². The SMILES string of the molecule is CCNC(Cc1cc(Br)ccc1F)c1cc(C)cc(F)c1. The molecule has 0 saturated carbocycles. The molecule has 2 rings (SSSR count). The fourth-order valence-electron chi connectivity index (χ4n) is 2.44. The molecule has 0 bridgehead atoms. The monoisotopic (exact) mass is 353 g/mol. The second kappa shape index (κ2) is 7.14. The summed E-state index contributed by atoms with van der Waals surface area (Å²) >= 11 is 3.36. The van der Waals surface area contributed by atoms with Crippen LogP contribution in [0.15, 0.2) is 40.9 Å². The van der Waals surface area contributed by atoms with Crippen molar-refractivity contribution in [3.8, 4) is 0 Å². The molecule has 2 aromatic rings. The summed E-state index contributed by atoms with van der Waals surface area (Å²) in [4.78, 5) is 0. The summed E-state index contributed by atoms with van der Waals surface area (Å²) in [5, 5.41) is 3.30. The zero-order valence-electron chi connectivity index (χ0n) is 12.1. The van der Waals surface area contributed by atoms with Gasteiger partial charge in [-0.2, -0.15) is 0 Å². The number of rotatable bonds is 5. The molecule has 1 N–H and O–H groups in total. The average Bonchev–Trinajstić information content (AvgIpc) is 2.41. The van der Waals surface area contributed by atoms with Crippen molar-refractivity contribution in [2.75, 3.05) is 6.54 Å². The molecule has 0 spiro atoms. The molecule has 0 aromatic heterocycles. The van der Waals surface area contributed by atoms with Crippen LogP contribution in [-0.2, 0) is 6.42 Å². The Balaban J connectivity index is 2.32. The summed E-state index contributed by atoms with van der Waals surface area (Å²) in [6.45, 7) is 4.57. The van der Waals surface area contributed by atoms with Gasteiger partial charge in [-0.15, -0.1) is 0 Å². The van der Waals surface area contributed by atoms with Gasteiger partial charge < -0.3 is 5.32 Å². The zero-order chi connectivity index (χ0) is 15.4. The molecule has 0 radical (unpaired) electrons. The minimum Gasteiger partial charge on any atom is -0.310 e. The number of hydrogen-bond donors (Lipinski definition) is 1. The Hall–Kier alpha value is -1.26. The van der Waals surface area contributed by atoms with Gasteiger partial charge in [0.05, 0.1) is 0 Å². The van der Waals surface area contributed by atoms with Gasteiger partial charge in [0.25, 0.3) is 0 Å². The maximum absolute atomic E-state index is 13.9. The molecule has 0 aliphatic rings. The van der Waals surface area contributed by atoms with E-state index in [1.807, 2.05) is 19.9 Å². The molecular formula is C17H18BrF2N. The van der Waals surface area contributed by atoms with E-state index in [0.29, 0.717) is 12.0 Å². The molecule has 0 heterocycles. The predicted octanol–water partition coefficient (Wildman–Crippen LogP) is 4.93. The summed E-state index contributed by atoms with van der Waals surface area (Å²) in [6, 6.07) is 9.71. The minimum atomic E-state index is -0.261. The van der Waals surface area contributed by atoms with Crippen LogP contribution in [-0.4, -0.2) is 6.54 Å². The second-order valence-electron chi connectivity index (χ2n) is 5.11. The highest BCUT2D eigenvalue weighted by Crippen LogP contribution is 2.24. The lowest BCUT2D eigenvalue weighted by molar-refractivity contribution is 0.523. The molecule has 1 nitrogen and oxygen atoms in total. The number of halogens is 3. The highest BCUT2D eigenvalue weighted by molar-refractivity contribution is 9.10. The van der Waals surface area contributed by atoms with E-state index in [1.165, 1.54) is 18.2 Å². The van der Waals surface area contributed by atoms with Gasteiger partial charge in [-0.3, -0.25) is 0 Å². The molecule has 0 amide bonds. The van der Waals surface area contributed by atoms with E-state index < -0.39 is 0 Å². The lowest BCUT2D eigenvalue weighted by Gasteiger charge is -2.19. The number of nitrogens with one attached hydrogen (secondary N) is 1. The van der Waals surface area contributed by atoms with E-state index in [4.69, 9.17) is 0 Å². The van der Waals surface area contributed by atoms with Crippen LogP contribution in [0.4, 0.5) is 8.78 Å². The molecule has 2 aromatic carbocycles. The van der Waals surface area contributed by atoms with Crippen LogP contribution in [0.2, 0.25) is 0 Å². The minimum absolute atomic E-state index is 0.117. The zero-order valence-corrected chi connectivity index (χ0v) is 13.7. The Bertz CT molecular complexity index is 608. The predicted molar refractivity (Wildman–Crippen MR) is 85.4 cm³/mol. The Morgan fingerprint density at radius 3 is 2.57 bits per heavy atom. The highest BCUT2D eigenvalue weighted by Gasteiger charge is 2.15. The first-order chi connectivity index (χ1) is 9.99. The van der Waals surface area contributed by atoms with Crippen LogP contribution >= 0.6 is 15.9 Å². The van der Waals surface area contributed by atoms with Crippen molar-refractivity contribution in [1.29, 1.82) is 0 Å². The third kappa shape index (κ3) is 4.35.